The van der Waals surface area contributed by atoms with Gasteiger partial charge in [-0.15, -0.1) is 0 Å². The first kappa shape index (κ1) is 26.8. The van der Waals surface area contributed by atoms with Crippen LogP contribution >= 0.6 is 0 Å². The molecular weight excluding hydrogens is 491 g/mol. The largest absolute Gasteiger partial charge is 0.495 e. The number of carbonyl (C=O) groups excluding carboxylic acids is 3. The quantitative estimate of drug-likeness (QED) is 0.403. The van der Waals surface area contributed by atoms with Gasteiger partial charge in [0.25, 0.3) is 0 Å². The number of aliphatic hydroxyl groups is 1. The number of amides is 2. The summed E-state index contributed by atoms with van der Waals surface area (Å²) in [5, 5.41) is 16.9. The molecule has 1 aliphatic carbocycles. The maximum absolute atomic E-state index is 13.8. The fourth-order valence-corrected chi connectivity index (χ4v) is 5.09. The highest BCUT2D eigenvalue weighted by molar-refractivity contribution is 6.11. The lowest BCUT2D eigenvalue weighted by Gasteiger charge is -2.44. The lowest BCUT2D eigenvalue weighted by atomic mass is 9.61. The Bertz CT molecular complexity index is 1340. The van der Waals surface area contributed by atoms with E-state index in [0.717, 1.165) is 0 Å². The van der Waals surface area contributed by atoms with Crippen LogP contribution in [0, 0.1) is 17.7 Å². The van der Waals surface area contributed by atoms with E-state index < -0.39 is 53.2 Å². The number of hydrogen-bond donors (Lipinski definition) is 3. The average Bonchev–Trinajstić information content (AvgIpc) is 2.88. The predicted molar refractivity (Wildman–Crippen MR) is 140 cm³/mol. The lowest BCUT2D eigenvalue weighted by Crippen LogP contribution is -2.56. The minimum Gasteiger partial charge on any atom is -0.495 e. The SMILES string of the molecule is COc1ccccc1NC(=O)[C@@H]1C(=O)C[C@](C)(O)[C@@H](C(=O)Nc2ccccc2OC)[C@H]1c1ccc(F)cc1. The summed E-state index contributed by atoms with van der Waals surface area (Å²) in [5.41, 5.74) is -0.734. The Hall–Kier alpha value is -4.24. The Morgan fingerprint density at radius 1 is 0.868 bits per heavy atom. The second-order valence-electron chi connectivity index (χ2n) is 9.41. The van der Waals surface area contributed by atoms with Crippen molar-refractivity contribution in [3.8, 4) is 11.5 Å². The third kappa shape index (κ3) is 5.38. The van der Waals surface area contributed by atoms with Crippen molar-refractivity contribution < 1.29 is 33.4 Å². The topological polar surface area (TPSA) is 114 Å². The standard InChI is InChI=1S/C29H29FN2O6/c1-29(36)16-21(33)25(27(34)31-19-8-4-6-10-22(19)37-2)24(17-12-14-18(30)15-13-17)26(29)28(35)32-20-9-5-7-11-23(20)38-3/h4-15,24-26,36H,16H2,1-3H3,(H,31,34)(H,32,35)/t24-,25+,26+,29-/m0/s1. The Morgan fingerprint density at radius 2 is 1.37 bits per heavy atom. The Morgan fingerprint density at radius 3 is 1.89 bits per heavy atom. The van der Waals surface area contributed by atoms with E-state index in [1.54, 1.807) is 48.5 Å². The van der Waals surface area contributed by atoms with E-state index in [9.17, 15) is 23.9 Å². The van der Waals surface area contributed by atoms with Crippen LogP contribution in [0.5, 0.6) is 11.5 Å². The molecule has 9 heteroatoms. The number of hydrogen-bond acceptors (Lipinski definition) is 6. The van der Waals surface area contributed by atoms with Crippen LogP contribution in [-0.2, 0) is 14.4 Å². The Kier molecular flexibility index (Phi) is 7.78. The second kappa shape index (κ2) is 11.0. The van der Waals surface area contributed by atoms with Crippen molar-refractivity contribution in [2.45, 2.75) is 24.9 Å². The summed E-state index contributed by atoms with van der Waals surface area (Å²) in [6, 6.07) is 18.7. The van der Waals surface area contributed by atoms with Crippen LogP contribution in [-0.4, -0.2) is 42.5 Å². The van der Waals surface area contributed by atoms with Crippen LogP contribution in [0.15, 0.2) is 72.8 Å². The molecule has 38 heavy (non-hydrogen) atoms. The van der Waals surface area contributed by atoms with Crippen LogP contribution in [0.3, 0.4) is 0 Å². The number of anilines is 2. The first-order chi connectivity index (χ1) is 18.2. The van der Waals surface area contributed by atoms with Gasteiger partial charge in [-0.1, -0.05) is 36.4 Å². The lowest BCUT2D eigenvalue weighted by molar-refractivity contribution is -0.150. The number of para-hydroxylation sites is 4. The monoisotopic (exact) mass is 520 g/mol. The van der Waals surface area contributed by atoms with Gasteiger partial charge < -0.3 is 25.2 Å². The van der Waals surface area contributed by atoms with Gasteiger partial charge >= 0.3 is 0 Å². The molecule has 1 aliphatic rings. The molecule has 8 nitrogen and oxygen atoms in total. The number of rotatable bonds is 7. The molecule has 0 aliphatic heterocycles. The van der Waals surface area contributed by atoms with Gasteiger partial charge in [-0.2, -0.15) is 0 Å². The van der Waals surface area contributed by atoms with Gasteiger partial charge in [0.2, 0.25) is 11.8 Å². The third-order valence-corrected chi connectivity index (χ3v) is 6.82. The molecule has 1 saturated carbocycles. The van der Waals surface area contributed by atoms with Gasteiger partial charge in [0, 0.05) is 12.3 Å². The first-order valence-electron chi connectivity index (χ1n) is 12.0. The molecule has 0 bridgehead atoms. The number of nitrogens with one attached hydrogen (secondary N) is 2. The summed E-state index contributed by atoms with van der Waals surface area (Å²) >= 11 is 0. The van der Waals surface area contributed by atoms with E-state index in [4.69, 9.17) is 9.47 Å². The number of benzene rings is 3. The molecule has 3 N–H and O–H groups in total. The molecule has 4 rings (SSSR count). The van der Waals surface area contributed by atoms with Crippen LogP contribution in [0.2, 0.25) is 0 Å². The van der Waals surface area contributed by atoms with E-state index in [2.05, 4.69) is 10.6 Å². The van der Waals surface area contributed by atoms with Gasteiger partial charge in [0.1, 0.15) is 29.0 Å². The van der Waals surface area contributed by atoms with E-state index in [1.807, 2.05) is 0 Å². The predicted octanol–water partition coefficient (Wildman–Crippen LogP) is 4.16. The van der Waals surface area contributed by atoms with Gasteiger partial charge in [-0.05, 0) is 48.9 Å². The molecule has 0 radical (unpaired) electrons. The van der Waals surface area contributed by atoms with Crippen molar-refractivity contribution >= 4 is 29.0 Å². The van der Waals surface area contributed by atoms with E-state index in [0.29, 0.717) is 28.4 Å². The minimum atomic E-state index is -1.80. The smallest absolute Gasteiger partial charge is 0.235 e. The Labute approximate surface area is 219 Å². The molecule has 1 fully saturated rings. The average molecular weight is 521 g/mol. The highest BCUT2D eigenvalue weighted by Gasteiger charge is 2.56. The van der Waals surface area contributed by atoms with Gasteiger partial charge in [-0.3, -0.25) is 14.4 Å². The molecule has 198 valence electrons. The summed E-state index contributed by atoms with van der Waals surface area (Å²) in [5.74, 6) is -5.25. The molecule has 3 aromatic rings. The van der Waals surface area contributed by atoms with Crippen LogP contribution in [0.1, 0.15) is 24.8 Å². The summed E-state index contributed by atoms with van der Waals surface area (Å²) < 4.78 is 24.5. The number of Topliss-reactive ketones (excluding diaryl/α,β-unsaturated/α-hetero) is 1. The van der Waals surface area contributed by atoms with Crippen LogP contribution in [0.25, 0.3) is 0 Å². The number of halogens is 1. The number of ketones is 1. The van der Waals surface area contributed by atoms with Gasteiger partial charge in [0.05, 0.1) is 37.1 Å². The van der Waals surface area contributed by atoms with E-state index >= 15 is 0 Å². The fourth-order valence-electron chi connectivity index (χ4n) is 5.09. The van der Waals surface area contributed by atoms with Crippen LogP contribution < -0.4 is 20.1 Å². The normalized spacial score (nSPS) is 22.9. The number of methoxy groups -OCH3 is 2. The molecule has 0 heterocycles. The van der Waals surface area contributed by atoms with E-state index in [1.165, 1.54) is 45.4 Å². The molecular formula is C29H29FN2O6. The van der Waals surface area contributed by atoms with Crippen LogP contribution in [0.4, 0.5) is 15.8 Å². The summed E-state index contributed by atoms with van der Waals surface area (Å²) in [6.45, 7) is 1.39. The molecule has 0 saturated heterocycles. The van der Waals surface area contributed by atoms with Crippen molar-refractivity contribution in [2.24, 2.45) is 11.8 Å². The van der Waals surface area contributed by atoms with E-state index in [-0.39, 0.29) is 0 Å². The zero-order valence-corrected chi connectivity index (χ0v) is 21.2. The summed E-state index contributed by atoms with van der Waals surface area (Å²) in [4.78, 5) is 40.8. The fraction of sp³-hybridized carbons (Fsp3) is 0.276. The van der Waals surface area contributed by atoms with Crippen molar-refractivity contribution in [2.75, 3.05) is 24.9 Å². The van der Waals surface area contributed by atoms with Crippen molar-refractivity contribution in [3.05, 3.63) is 84.2 Å². The summed E-state index contributed by atoms with van der Waals surface area (Å²) in [6.07, 6.45) is -0.432. The van der Waals surface area contributed by atoms with Gasteiger partial charge in [0.15, 0.2) is 0 Å². The number of carbonyl (C=O) groups is 3. The summed E-state index contributed by atoms with van der Waals surface area (Å²) in [7, 11) is 2.91. The maximum atomic E-state index is 13.8. The highest BCUT2D eigenvalue weighted by Crippen LogP contribution is 2.47. The van der Waals surface area contributed by atoms with Gasteiger partial charge in [-0.25, -0.2) is 4.39 Å². The van der Waals surface area contributed by atoms with Crippen molar-refractivity contribution in [1.29, 1.82) is 0 Å². The maximum Gasteiger partial charge on any atom is 0.235 e. The molecule has 3 aromatic carbocycles. The molecule has 0 aromatic heterocycles. The molecule has 0 unspecified atom stereocenters. The zero-order valence-electron chi connectivity index (χ0n) is 21.2. The highest BCUT2D eigenvalue weighted by atomic mass is 19.1. The Balaban J connectivity index is 1.78. The minimum absolute atomic E-state index is 0.345. The molecule has 0 spiro atoms. The van der Waals surface area contributed by atoms with Crippen molar-refractivity contribution in [1.82, 2.24) is 0 Å². The second-order valence-corrected chi connectivity index (χ2v) is 9.41. The third-order valence-electron chi connectivity index (χ3n) is 6.82. The van der Waals surface area contributed by atoms with Crippen molar-refractivity contribution in [3.63, 3.8) is 0 Å². The number of ether oxygens (including phenoxy) is 2. The zero-order chi connectivity index (χ0) is 27.4. The first-order valence-corrected chi connectivity index (χ1v) is 12.0. The molecule has 4 atom stereocenters. The molecule has 2 amide bonds.